The summed E-state index contributed by atoms with van der Waals surface area (Å²) in [7, 11) is 0. The molecule has 0 aromatic heterocycles. The summed E-state index contributed by atoms with van der Waals surface area (Å²) in [6.07, 6.45) is 13.1. The predicted octanol–water partition coefficient (Wildman–Crippen LogP) is 8.34. The average molecular weight is 547 g/mol. The Morgan fingerprint density at radius 1 is 0.923 bits per heavy atom. The highest BCUT2D eigenvalue weighted by molar-refractivity contribution is 5.76. The Bertz CT molecular complexity index is 868. The molecule has 4 saturated carbocycles. The lowest BCUT2D eigenvalue weighted by atomic mass is 9.44. The number of carbonyl (C=O) groups excluding carboxylic acids is 2. The van der Waals surface area contributed by atoms with Crippen LogP contribution in [0.1, 0.15) is 132 Å². The molecule has 0 saturated heterocycles. The van der Waals surface area contributed by atoms with E-state index in [9.17, 15) is 9.59 Å². The fourth-order valence-electron chi connectivity index (χ4n) is 9.82. The maximum atomic E-state index is 12.8. The van der Waals surface area contributed by atoms with Crippen molar-refractivity contribution >= 4 is 11.9 Å². The third-order valence-electron chi connectivity index (χ3n) is 12.6. The molecule has 0 aliphatic heterocycles. The van der Waals surface area contributed by atoms with Gasteiger partial charge in [-0.05, 0) is 145 Å². The first-order valence-corrected chi connectivity index (χ1v) is 16.4. The van der Waals surface area contributed by atoms with Crippen LogP contribution in [0.5, 0.6) is 0 Å². The summed E-state index contributed by atoms with van der Waals surface area (Å²) >= 11 is 0. The third kappa shape index (κ3) is 6.09. The second kappa shape index (κ2) is 12.0. The van der Waals surface area contributed by atoms with E-state index in [2.05, 4.69) is 27.7 Å². The molecule has 5 nitrogen and oxygen atoms in total. The second-order valence-corrected chi connectivity index (χ2v) is 15.0. The van der Waals surface area contributed by atoms with Crippen LogP contribution in [-0.4, -0.2) is 30.9 Å². The van der Waals surface area contributed by atoms with Crippen LogP contribution in [0.4, 0.5) is 0 Å². The molecule has 4 aliphatic rings. The summed E-state index contributed by atoms with van der Waals surface area (Å²) in [5.74, 6) is 4.23. The van der Waals surface area contributed by atoms with Crippen LogP contribution in [0.25, 0.3) is 0 Å². The van der Waals surface area contributed by atoms with Crippen LogP contribution in [-0.2, 0) is 23.8 Å². The normalized spacial score (nSPS) is 39.6. The molecule has 4 fully saturated rings. The van der Waals surface area contributed by atoms with Gasteiger partial charge in [-0.3, -0.25) is 9.59 Å². The molecule has 0 N–H and O–H groups in total. The van der Waals surface area contributed by atoms with Crippen LogP contribution < -0.4 is 0 Å². The largest absolute Gasteiger partial charge is 0.462 e. The Kier molecular flexibility index (Phi) is 9.51. The van der Waals surface area contributed by atoms with Crippen molar-refractivity contribution in [2.75, 3.05) is 6.61 Å². The lowest BCUT2D eigenvalue weighted by Crippen LogP contribution is -2.54. The molecule has 0 heterocycles. The van der Waals surface area contributed by atoms with Gasteiger partial charge in [-0.25, -0.2) is 0 Å². The molecule has 0 aromatic rings. The summed E-state index contributed by atoms with van der Waals surface area (Å²) in [5.41, 5.74) is 0.396. The smallest absolute Gasteiger partial charge is 0.311 e. The van der Waals surface area contributed by atoms with Gasteiger partial charge in [0.05, 0.1) is 5.41 Å². The van der Waals surface area contributed by atoms with Crippen LogP contribution in [0.3, 0.4) is 0 Å². The van der Waals surface area contributed by atoms with Gasteiger partial charge < -0.3 is 14.2 Å². The number of rotatable bonds is 10. The molecule has 4 aliphatic carbocycles. The Labute approximate surface area is 238 Å². The van der Waals surface area contributed by atoms with E-state index >= 15 is 0 Å². The fraction of sp³-hybridized carbons (Fsp3) is 0.941. The van der Waals surface area contributed by atoms with E-state index in [-0.39, 0.29) is 23.5 Å². The minimum Gasteiger partial charge on any atom is -0.462 e. The minimum atomic E-state index is -0.455. The first-order valence-electron chi connectivity index (χ1n) is 16.4. The molecule has 5 heteroatoms. The van der Waals surface area contributed by atoms with Crippen molar-refractivity contribution in [3.63, 3.8) is 0 Å². The molecular weight excluding hydrogens is 488 g/mol. The quantitative estimate of drug-likeness (QED) is 0.204. The summed E-state index contributed by atoms with van der Waals surface area (Å²) in [6, 6.07) is 0. The van der Waals surface area contributed by atoms with E-state index < -0.39 is 6.29 Å². The lowest BCUT2D eigenvalue weighted by molar-refractivity contribution is -0.174. The topological polar surface area (TPSA) is 61.8 Å². The molecular formula is C34H58O5. The van der Waals surface area contributed by atoms with Crippen molar-refractivity contribution < 1.29 is 23.8 Å². The standard InChI is InChI=1S/C34H58O5/c1-9-32(5,6)31(36)39-25-17-19-33(7)24(21-25)12-13-26-28-15-14-27(34(28,8)20-18-29(26)33)22(3)11-16-30(35)38-23(4)37-10-2/h22-29H,9-21H2,1-8H3/t22?,23?,24?,25-,26?,27?,28?,29?,33?,34?/m1/s1. The van der Waals surface area contributed by atoms with Gasteiger partial charge in [0.2, 0.25) is 0 Å². The number of hydrogen-bond acceptors (Lipinski definition) is 5. The molecule has 9 unspecified atom stereocenters. The summed E-state index contributed by atoms with van der Waals surface area (Å²) < 4.78 is 16.9. The second-order valence-electron chi connectivity index (χ2n) is 15.0. The zero-order chi connectivity index (χ0) is 28.6. The van der Waals surface area contributed by atoms with Crippen molar-refractivity contribution in [1.29, 1.82) is 0 Å². The van der Waals surface area contributed by atoms with E-state index in [4.69, 9.17) is 14.2 Å². The van der Waals surface area contributed by atoms with Crippen molar-refractivity contribution in [1.82, 2.24) is 0 Å². The van der Waals surface area contributed by atoms with E-state index in [1.54, 1.807) is 6.92 Å². The van der Waals surface area contributed by atoms with Crippen LogP contribution in [0.2, 0.25) is 0 Å². The van der Waals surface area contributed by atoms with Gasteiger partial charge in [0.25, 0.3) is 0 Å². The highest BCUT2D eigenvalue weighted by atomic mass is 16.7. The first-order chi connectivity index (χ1) is 18.4. The fourth-order valence-corrected chi connectivity index (χ4v) is 9.82. The molecule has 0 amide bonds. The van der Waals surface area contributed by atoms with Gasteiger partial charge in [0.1, 0.15) is 6.10 Å². The molecule has 39 heavy (non-hydrogen) atoms. The van der Waals surface area contributed by atoms with Crippen molar-refractivity contribution in [3.05, 3.63) is 0 Å². The molecule has 10 atom stereocenters. The van der Waals surface area contributed by atoms with E-state index in [1.165, 1.54) is 44.9 Å². The zero-order valence-corrected chi connectivity index (χ0v) is 26.4. The van der Waals surface area contributed by atoms with Gasteiger partial charge >= 0.3 is 11.9 Å². The van der Waals surface area contributed by atoms with Crippen molar-refractivity contribution in [2.45, 2.75) is 145 Å². The monoisotopic (exact) mass is 546 g/mol. The molecule has 0 radical (unpaired) electrons. The summed E-state index contributed by atoms with van der Waals surface area (Å²) in [6.45, 7) is 17.9. The summed E-state index contributed by atoms with van der Waals surface area (Å²) in [5, 5.41) is 0. The lowest BCUT2D eigenvalue weighted by Gasteiger charge is -2.61. The average Bonchev–Trinajstić information content (AvgIpc) is 3.24. The SMILES string of the molecule is CCOC(C)OC(=O)CCC(C)C1CCC2C3CCC4C[C@H](OC(=O)C(C)(C)CC)CCC4(C)C3CCC12C. The Hall–Kier alpha value is -1.10. The van der Waals surface area contributed by atoms with E-state index in [0.717, 1.165) is 43.4 Å². The van der Waals surface area contributed by atoms with Gasteiger partial charge in [0.15, 0.2) is 6.29 Å². The molecule has 0 spiro atoms. The maximum Gasteiger partial charge on any atom is 0.311 e. The minimum absolute atomic E-state index is 0.0103. The van der Waals surface area contributed by atoms with Crippen LogP contribution >= 0.6 is 0 Å². The molecule has 224 valence electrons. The zero-order valence-electron chi connectivity index (χ0n) is 26.4. The molecule has 0 bridgehead atoms. The van der Waals surface area contributed by atoms with Gasteiger partial charge in [0, 0.05) is 13.0 Å². The molecule has 0 aromatic carbocycles. The van der Waals surface area contributed by atoms with Gasteiger partial charge in [-0.2, -0.15) is 0 Å². The van der Waals surface area contributed by atoms with E-state index in [1.807, 2.05) is 20.8 Å². The van der Waals surface area contributed by atoms with Crippen LogP contribution in [0.15, 0.2) is 0 Å². The third-order valence-corrected chi connectivity index (χ3v) is 12.6. The Morgan fingerprint density at radius 3 is 2.31 bits per heavy atom. The van der Waals surface area contributed by atoms with E-state index in [0.29, 0.717) is 41.6 Å². The van der Waals surface area contributed by atoms with Gasteiger partial charge in [-0.1, -0.05) is 27.7 Å². The number of ether oxygens (including phenoxy) is 3. The number of hydrogen-bond donors (Lipinski definition) is 0. The van der Waals surface area contributed by atoms with Crippen LogP contribution in [0, 0.1) is 51.8 Å². The number of esters is 2. The van der Waals surface area contributed by atoms with Crippen molar-refractivity contribution in [3.8, 4) is 0 Å². The number of fused-ring (bicyclic) bond motifs is 5. The van der Waals surface area contributed by atoms with Crippen molar-refractivity contribution in [2.24, 2.45) is 51.8 Å². The highest BCUT2D eigenvalue weighted by Gasteiger charge is 2.60. The molecule has 4 rings (SSSR count). The predicted molar refractivity (Wildman–Crippen MR) is 155 cm³/mol. The van der Waals surface area contributed by atoms with Gasteiger partial charge in [-0.15, -0.1) is 0 Å². The maximum absolute atomic E-state index is 12.8. The Balaban J connectivity index is 1.35. The highest BCUT2D eigenvalue weighted by Crippen LogP contribution is 2.68. The number of carbonyl (C=O) groups is 2. The summed E-state index contributed by atoms with van der Waals surface area (Å²) in [4.78, 5) is 25.2. The Morgan fingerprint density at radius 2 is 1.62 bits per heavy atom. The first kappa shape index (κ1) is 30.8.